The fourth-order valence-electron chi connectivity index (χ4n) is 3.55. The largest absolute Gasteiger partial charge is 0.322 e. The number of hydrogen-bond donors (Lipinski definition) is 1. The van der Waals surface area contributed by atoms with Crippen LogP contribution in [0.1, 0.15) is 25.7 Å². The van der Waals surface area contributed by atoms with E-state index in [2.05, 4.69) is 5.32 Å². The van der Waals surface area contributed by atoms with E-state index >= 15 is 0 Å². The molecule has 0 bridgehead atoms. The first-order valence-electron chi connectivity index (χ1n) is 9.59. The molecule has 2 heterocycles. The monoisotopic (exact) mass is 448 g/mol. The van der Waals surface area contributed by atoms with E-state index in [9.17, 15) is 13.2 Å². The number of nitrogens with zero attached hydrogens (tertiary/aromatic N) is 3. The summed E-state index contributed by atoms with van der Waals surface area (Å²) in [5.74, 6) is -0.223. The summed E-state index contributed by atoms with van der Waals surface area (Å²) in [5.41, 5.74) is 0.401. The van der Waals surface area contributed by atoms with Crippen molar-refractivity contribution in [2.45, 2.75) is 25.7 Å². The molecular formula is C18H26Cl2N4O3S. The molecule has 0 atom stereocenters. The Morgan fingerprint density at radius 1 is 0.893 bits per heavy atom. The molecule has 0 aliphatic carbocycles. The van der Waals surface area contributed by atoms with E-state index in [0.717, 1.165) is 25.7 Å². The third-order valence-corrected chi connectivity index (χ3v) is 7.81. The van der Waals surface area contributed by atoms with Crippen LogP contribution in [0, 0.1) is 0 Å². The normalized spacial score (nSPS) is 20.6. The van der Waals surface area contributed by atoms with Crippen molar-refractivity contribution in [2.75, 3.05) is 51.1 Å². The quantitative estimate of drug-likeness (QED) is 0.751. The Balaban J connectivity index is 1.51. The van der Waals surface area contributed by atoms with Crippen molar-refractivity contribution in [1.29, 1.82) is 0 Å². The number of benzene rings is 1. The Morgan fingerprint density at radius 2 is 1.43 bits per heavy atom. The van der Waals surface area contributed by atoms with Crippen LogP contribution in [-0.2, 0) is 15.0 Å². The third-order valence-electron chi connectivity index (χ3n) is 5.14. The number of para-hydroxylation sites is 1. The van der Waals surface area contributed by atoms with Crippen molar-refractivity contribution in [3.63, 3.8) is 0 Å². The molecule has 0 aromatic heterocycles. The van der Waals surface area contributed by atoms with Gasteiger partial charge in [-0.05, 0) is 25.0 Å². The molecule has 2 aliphatic rings. The molecule has 0 radical (unpaired) electrons. The maximum Gasteiger partial charge on any atom is 0.282 e. The maximum atomic E-state index is 12.9. The number of nitrogens with one attached hydrogen (secondary N) is 1. The van der Waals surface area contributed by atoms with Crippen molar-refractivity contribution in [1.82, 2.24) is 13.5 Å². The number of hydrogen-bond acceptors (Lipinski definition) is 4. The predicted molar refractivity (Wildman–Crippen MR) is 112 cm³/mol. The first-order valence-corrected chi connectivity index (χ1v) is 11.7. The van der Waals surface area contributed by atoms with E-state index in [0.29, 0.717) is 55.0 Å². The Morgan fingerprint density at radius 3 is 2.00 bits per heavy atom. The highest BCUT2D eigenvalue weighted by Gasteiger charge is 2.32. The van der Waals surface area contributed by atoms with Crippen LogP contribution in [0.15, 0.2) is 18.2 Å². The molecule has 1 N–H and O–H groups in total. The molecule has 0 unspecified atom stereocenters. The highest BCUT2D eigenvalue weighted by Crippen LogP contribution is 2.29. The molecule has 1 aromatic carbocycles. The smallest absolute Gasteiger partial charge is 0.282 e. The van der Waals surface area contributed by atoms with Crippen molar-refractivity contribution in [3.05, 3.63) is 28.2 Å². The van der Waals surface area contributed by atoms with E-state index < -0.39 is 10.2 Å². The van der Waals surface area contributed by atoms with Gasteiger partial charge in [-0.1, -0.05) is 42.1 Å². The molecule has 7 nitrogen and oxygen atoms in total. The molecule has 3 rings (SSSR count). The van der Waals surface area contributed by atoms with Crippen molar-refractivity contribution < 1.29 is 13.2 Å². The van der Waals surface area contributed by atoms with Gasteiger partial charge in [-0.3, -0.25) is 9.69 Å². The van der Waals surface area contributed by atoms with Gasteiger partial charge in [0.25, 0.3) is 10.2 Å². The summed E-state index contributed by atoms with van der Waals surface area (Å²) in [5, 5.41) is 3.51. The number of carbonyl (C=O) groups is 1. The molecule has 0 saturated carbocycles. The van der Waals surface area contributed by atoms with E-state index in [1.807, 2.05) is 4.90 Å². The standard InChI is InChI=1S/C18H26Cl2N4O3S/c19-15-6-5-7-16(20)18(15)21-17(25)14-22-10-12-24(13-11-22)28(26,27)23-8-3-1-2-4-9-23/h5-7H,1-4,8-14H2,(H,21,25). The van der Waals surface area contributed by atoms with E-state index in [1.165, 1.54) is 4.31 Å². The topological polar surface area (TPSA) is 73.0 Å². The molecular weight excluding hydrogens is 423 g/mol. The number of carbonyl (C=O) groups excluding carboxylic acids is 1. The van der Waals surface area contributed by atoms with Crippen LogP contribution in [-0.4, -0.2) is 73.6 Å². The lowest BCUT2D eigenvalue weighted by atomic mass is 10.2. The number of piperazine rings is 1. The van der Waals surface area contributed by atoms with Gasteiger partial charge in [-0.25, -0.2) is 0 Å². The molecule has 2 saturated heterocycles. The molecule has 0 spiro atoms. The lowest BCUT2D eigenvalue weighted by Gasteiger charge is -2.36. The third kappa shape index (κ3) is 5.37. The molecule has 2 fully saturated rings. The summed E-state index contributed by atoms with van der Waals surface area (Å²) in [6.45, 7) is 3.16. The summed E-state index contributed by atoms with van der Waals surface area (Å²) in [6, 6.07) is 5.04. The minimum atomic E-state index is -3.42. The van der Waals surface area contributed by atoms with Gasteiger partial charge in [0.15, 0.2) is 0 Å². The van der Waals surface area contributed by atoms with E-state index in [4.69, 9.17) is 23.2 Å². The molecule has 2 aliphatic heterocycles. The highest BCUT2D eigenvalue weighted by molar-refractivity contribution is 7.86. The minimum Gasteiger partial charge on any atom is -0.322 e. The van der Waals surface area contributed by atoms with Gasteiger partial charge < -0.3 is 5.32 Å². The Kier molecular flexibility index (Phi) is 7.58. The highest BCUT2D eigenvalue weighted by atomic mass is 35.5. The Labute approximate surface area is 176 Å². The van der Waals surface area contributed by atoms with Gasteiger partial charge in [-0.2, -0.15) is 17.0 Å². The van der Waals surface area contributed by atoms with Crippen LogP contribution in [0.5, 0.6) is 0 Å². The van der Waals surface area contributed by atoms with Crippen LogP contribution in [0.2, 0.25) is 10.0 Å². The second kappa shape index (κ2) is 9.73. The van der Waals surface area contributed by atoms with Crippen LogP contribution in [0.25, 0.3) is 0 Å². The maximum absolute atomic E-state index is 12.9. The Bertz CT molecular complexity index is 770. The summed E-state index contributed by atoms with van der Waals surface area (Å²) in [6.07, 6.45) is 4.02. The summed E-state index contributed by atoms with van der Waals surface area (Å²) in [4.78, 5) is 14.3. The fraction of sp³-hybridized carbons (Fsp3) is 0.611. The SMILES string of the molecule is O=C(CN1CCN(S(=O)(=O)N2CCCCCC2)CC1)Nc1c(Cl)cccc1Cl. The van der Waals surface area contributed by atoms with Crippen LogP contribution in [0.3, 0.4) is 0 Å². The van der Waals surface area contributed by atoms with Crippen molar-refractivity contribution in [3.8, 4) is 0 Å². The van der Waals surface area contributed by atoms with Gasteiger partial charge in [-0.15, -0.1) is 0 Å². The van der Waals surface area contributed by atoms with Crippen molar-refractivity contribution in [2.24, 2.45) is 0 Å². The second-order valence-corrected chi connectivity index (χ2v) is 9.88. The summed E-state index contributed by atoms with van der Waals surface area (Å²) >= 11 is 12.2. The van der Waals surface area contributed by atoms with Crippen molar-refractivity contribution >= 4 is 45.0 Å². The zero-order chi connectivity index (χ0) is 20.1. The molecule has 10 heteroatoms. The van der Waals surface area contributed by atoms with Crippen LogP contribution in [0.4, 0.5) is 5.69 Å². The Hall–Kier alpha value is -0.900. The van der Waals surface area contributed by atoms with E-state index in [-0.39, 0.29) is 12.5 Å². The van der Waals surface area contributed by atoms with E-state index in [1.54, 1.807) is 22.5 Å². The van der Waals surface area contributed by atoms with Crippen LogP contribution < -0.4 is 5.32 Å². The van der Waals surface area contributed by atoms with Crippen LogP contribution >= 0.6 is 23.2 Å². The van der Waals surface area contributed by atoms with Gasteiger partial charge in [0.2, 0.25) is 5.91 Å². The predicted octanol–water partition coefficient (Wildman–Crippen LogP) is 2.67. The first-order chi connectivity index (χ1) is 13.4. The molecule has 1 aromatic rings. The number of rotatable bonds is 5. The van der Waals surface area contributed by atoms with Gasteiger partial charge >= 0.3 is 0 Å². The lowest BCUT2D eigenvalue weighted by Crippen LogP contribution is -2.54. The van der Waals surface area contributed by atoms with Gasteiger partial charge in [0, 0.05) is 39.3 Å². The average molecular weight is 449 g/mol. The summed E-state index contributed by atoms with van der Waals surface area (Å²) in [7, 11) is -3.42. The summed E-state index contributed by atoms with van der Waals surface area (Å²) < 4.78 is 28.9. The zero-order valence-corrected chi connectivity index (χ0v) is 18.1. The van der Waals surface area contributed by atoms with Gasteiger partial charge in [0.1, 0.15) is 0 Å². The number of anilines is 1. The lowest BCUT2D eigenvalue weighted by molar-refractivity contribution is -0.117. The molecule has 1 amide bonds. The first kappa shape index (κ1) is 21.8. The number of amides is 1. The average Bonchev–Trinajstić information content (AvgIpc) is 2.95. The zero-order valence-electron chi connectivity index (χ0n) is 15.7. The number of halogens is 2. The molecule has 28 heavy (non-hydrogen) atoms. The second-order valence-electron chi connectivity index (χ2n) is 7.14. The fourth-order valence-corrected chi connectivity index (χ4v) is 5.72. The minimum absolute atomic E-state index is 0.166. The molecule has 156 valence electrons. The van der Waals surface area contributed by atoms with Gasteiger partial charge in [0.05, 0.1) is 22.3 Å².